The minimum atomic E-state index is 0.0843. The predicted molar refractivity (Wildman–Crippen MR) is 55.2 cm³/mol. The van der Waals surface area contributed by atoms with E-state index < -0.39 is 0 Å². The zero-order valence-corrected chi connectivity index (χ0v) is 8.50. The third-order valence-electron chi connectivity index (χ3n) is 1.75. The van der Waals surface area contributed by atoms with Gasteiger partial charge < -0.3 is 5.11 Å². The quantitative estimate of drug-likeness (QED) is 0.816. The van der Waals surface area contributed by atoms with E-state index in [1.165, 1.54) is 17.1 Å². The first-order valence-corrected chi connectivity index (χ1v) is 4.62. The largest absolute Gasteiger partial charge is 0.505 e. The first kappa shape index (κ1) is 9.37. The third-order valence-corrected chi connectivity index (χ3v) is 2.56. The van der Waals surface area contributed by atoms with E-state index in [4.69, 9.17) is 28.3 Å². The lowest BCUT2D eigenvalue weighted by Crippen LogP contribution is -1.94. The fraction of sp³-hybridized carbons (Fsp3) is 0. The molecule has 1 N–H and O–H groups in total. The van der Waals surface area contributed by atoms with Gasteiger partial charge in [0.2, 0.25) is 0 Å². The van der Waals surface area contributed by atoms with Gasteiger partial charge in [-0.05, 0) is 12.1 Å². The van der Waals surface area contributed by atoms with Crippen LogP contribution in [-0.2, 0) is 0 Å². The molecule has 0 aliphatic rings. The second-order valence-electron chi connectivity index (χ2n) is 2.72. The van der Waals surface area contributed by atoms with Crippen LogP contribution in [0.15, 0.2) is 30.6 Å². The molecule has 0 unspecified atom stereocenters. The Bertz CT molecular complexity index is 468. The van der Waals surface area contributed by atoms with Crippen molar-refractivity contribution in [2.75, 3.05) is 0 Å². The Morgan fingerprint density at radius 3 is 2.71 bits per heavy atom. The number of nitrogens with zero attached hydrogens (tertiary/aromatic N) is 2. The summed E-state index contributed by atoms with van der Waals surface area (Å²) in [6.45, 7) is 0. The number of aromatic nitrogens is 2. The molecule has 0 fully saturated rings. The second-order valence-corrected chi connectivity index (χ2v) is 3.50. The van der Waals surface area contributed by atoms with Crippen molar-refractivity contribution in [3.8, 4) is 11.4 Å². The van der Waals surface area contributed by atoms with Crippen molar-refractivity contribution >= 4 is 23.2 Å². The van der Waals surface area contributed by atoms with Crippen molar-refractivity contribution < 1.29 is 5.11 Å². The summed E-state index contributed by atoms with van der Waals surface area (Å²) >= 11 is 11.8. The van der Waals surface area contributed by atoms with Gasteiger partial charge >= 0.3 is 0 Å². The molecule has 0 aliphatic carbocycles. The highest BCUT2D eigenvalue weighted by atomic mass is 35.5. The summed E-state index contributed by atoms with van der Waals surface area (Å²) in [5.74, 6) is 0.0843. The van der Waals surface area contributed by atoms with Gasteiger partial charge in [0, 0.05) is 0 Å². The summed E-state index contributed by atoms with van der Waals surface area (Å²) in [6, 6.07) is 5.22. The third kappa shape index (κ3) is 1.56. The molecule has 1 aromatic heterocycles. The molecule has 5 heteroatoms. The summed E-state index contributed by atoms with van der Waals surface area (Å²) < 4.78 is 1.46. The fourth-order valence-electron chi connectivity index (χ4n) is 1.11. The van der Waals surface area contributed by atoms with Crippen molar-refractivity contribution in [1.82, 2.24) is 9.78 Å². The number of rotatable bonds is 1. The Hall–Kier alpha value is -1.19. The molecule has 0 aliphatic heterocycles. The highest BCUT2D eigenvalue weighted by Gasteiger charge is 2.07. The van der Waals surface area contributed by atoms with E-state index in [1.54, 1.807) is 18.2 Å². The van der Waals surface area contributed by atoms with E-state index in [1.807, 2.05) is 0 Å². The van der Waals surface area contributed by atoms with Crippen molar-refractivity contribution in [3.63, 3.8) is 0 Å². The number of aromatic hydroxyl groups is 1. The SMILES string of the molecule is Oc1cnn(-c2cccc(Cl)c2Cl)c1. The van der Waals surface area contributed by atoms with Crippen LogP contribution in [0.2, 0.25) is 10.0 Å². The highest BCUT2D eigenvalue weighted by Crippen LogP contribution is 2.28. The molecule has 0 bridgehead atoms. The maximum atomic E-state index is 9.12. The first-order valence-electron chi connectivity index (χ1n) is 3.86. The van der Waals surface area contributed by atoms with Gasteiger partial charge in [0.25, 0.3) is 0 Å². The normalized spacial score (nSPS) is 10.4. The molecule has 0 atom stereocenters. The van der Waals surface area contributed by atoms with Crippen LogP contribution in [0.3, 0.4) is 0 Å². The minimum absolute atomic E-state index is 0.0843. The van der Waals surface area contributed by atoms with Crippen LogP contribution in [0.25, 0.3) is 5.69 Å². The summed E-state index contributed by atoms with van der Waals surface area (Å²) in [5, 5.41) is 13.9. The maximum absolute atomic E-state index is 9.12. The van der Waals surface area contributed by atoms with Crippen molar-refractivity contribution in [1.29, 1.82) is 0 Å². The van der Waals surface area contributed by atoms with Crippen LogP contribution in [0.4, 0.5) is 0 Å². The molecule has 14 heavy (non-hydrogen) atoms. The number of hydrogen-bond acceptors (Lipinski definition) is 2. The lowest BCUT2D eigenvalue weighted by molar-refractivity contribution is 0.475. The summed E-state index contributed by atoms with van der Waals surface area (Å²) in [5.41, 5.74) is 0.638. The highest BCUT2D eigenvalue weighted by molar-refractivity contribution is 6.43. The molecule has 2 rings (SSSR count). The molecule has 1 aromatic carbocycles. The zero-order chi connectivity index (χ0) is 10.1. The van der Waals surface area contributed by atoms with Gasteiger partial charge in [-0.1, -0.05) is 29.3 Å². The van der Waals surface area contributed by atoms with Crippen molar-refractivity contribution in [2.45, 2.75) is 0 Å². The van der Waals surface area contributed by atoms with E-state index >= 15 is 0 Å². The Morgan fingerprint density at radius 1 is 1.29 bits per heavy atom. The maximum Gasteiger partial charge on any atom is 0.153 e. The number of hydrogen-bond donors (Lipinski definition) is 1. The minimum Gasteiger partial charge on any atom is -0.505 e. The van der Waals surface area contributed by atoms with Gasteiger partial charge in [-0.3, -0.25) is 0 Å². The average Bonchev–Trinajstić information content (AvgIpc) is 2.57. The van der Waals surface area contributed by atoms with Crippen molar-refractivity contribution in [3.05, 3.63) is 40.6 Å². The molecule has 3 nitrogen and oxygen atoms in total. The number of benzene rings is 1. The molecule has 0 saturated carbocycles. The molecule has 0 spiro atoms. The van der Waals surface area contributed by atoms with Gasteiger partial charge in [-0.15, -0.1) is 0 Å². The predicted octanol–water partition coefficient (Wildman–Crippen LogP) is 2.88. The molecule has 2 aromatic rings. The van der Waals surface area contributed by atoms with Crippen molar-refractivity contribution in [2.24, 2.45) is 0 Å². The van der Waals surface area contributed by atoms with Crippen LogP contribution < -0.4 is 0 Å². The average molecular weight is 229 g/mol. The monoisotopic (exact) mass is 228 g/mol. The van der Waals surface area contributed by atoms with Gasteiger partial charge in [0.05, 0.1) is 28.1 Å². The molecule has 1 heterocycles. The zero-order valence-electron chi connectivity index (χ0n) is 6.98. The van der Waals surface area contributed by atoms with Gasteiger partial charge in [0.1, 0.15) is 0 Å². The van der Waals surface area contributed by atoms with Crippen LogP contribution >= 0.6 is 23.2 Å². The Labute approximate surface area is 90.5 Å². The van der Waals surface area contributed by atoms with Crippen LogP contribution in [0.1, 0.15) is 0 Å². The van der Waals surface area contributed by atoms with Gasteiger partial charge in [0.15, 0.2) is 5.75 Å². The smallest absolute Gasteiger partial charge is 0.153 e. The molecule has 0 radical (unpaired) electrons. The van der Waals surface area contributed by atoms with Crippen LogP contribution in [-0.4, -0.2) is 14.9 Å². The summed E-state index contributed by atoms with van der Waals surface area (Å²) in [4.78, 5) is 0. The van der Waals surface area contributed by atoms with E-state index in [0.717, 1.165) is 0 Å². The van der Waals surface area contributed by atoms with Crippen LogP contribution in [0, 0.1) is 0 Å². The summed E-state index contributed by atoms with van der Waals surface area (Å²) in [6.07, 6.45) is 2.79. The standard InChI is InChI=1S/C9H6Cl2N2O/c10-7-2-1-3-8(9(7)11)13-5-6(14)4-12-13/h1-5,14H. The summed E-state index contributed by atoms with van der Waals surface area (Å²) in [7, 11) is 0. The van der Waals surface area contributed by atoms with E-state index in [9.17, 15) is 0 Å². The molecular weight excluding hydrogens is 223 g/mol. The Balaban J connectivity index is 2.57. The number of halogens is 2. The van der Waals surface area contributed by atoms with E-state index in [2.05, 4.69) is 5.10 Å². The van der Waals surface area contributed by atoms with Gasteiger partial charge in [-0.25, -0.2) is 4.68 Å². The lowest BCUT2D eigenvalue weighted by atomic mass is 10.3. The lowest BCUT2D eigenvalue weighted by Gasteiger charge is -2.04. The molecule has 0 amide bonds. The Morgan fingerprint density at radius 2 is 2.07 bits per heavy atom. The first-order chi connectivity index (χ1) is 6.68. The molecule has 0 saturated heterocycles. The van der Waals surface area contributed by atoms with E-state index in [0.29, 0.717) is 15.7 Å². The second kappa shape index (κ2) is 3.52. The molecular formula is C9H6Cl2N2O. The molecule has 72 valence electrons. The topological polar surface area (TPSA) is 38.1 Å². The van der Waals surface area contributed by atoms with E-state index in [-0.39, 0.29) is 5.75 Å². The van der Waals surface area contributed by atoms with Crippen LogP contribution in [0.5, 0.6) is 5.75 Å². The fourth-order valence-corrected chi connectivity index (χ4v) is 1.50. The Kier molecular flexibility index (Phi) is 2.35. The van der Waals surface area contributed by atoms with Gasteiger partial charge in [-0.2, -0.15) is 5.10 Å².